The summed E-state index contributed by atoms with van der Waals surface area (Å²) in [5.41, 5.74) is 10.3. The van der Waals surface area contributed by atoms with Crippen molar-refractivity contribution in [3.05, 3.63) is 69.0 Å². The maximum atomic E-state index is 13.3. The van der Waals surface area contributed by atoms with Gasteiger partial charge in [-0.25, -0.2) is 10.1 Å². The molecule has 0 atom stereocenters. The summed E-state index contributed by atoms with van der Waals surface area (Å²) in [5, 5.41) is 20.8. The number of hydrogen-bond acceptors (Lipinski definition) is 11. The minimum atomic E-state index is -0.559. The van der Waals surface area contributed by atoms with Crippen molar-refractivity contribution in [1.29, 1.82) is 0 Å². The molecule has 2 aromatic carbocycles. The number of methoxy groups -OCH3 is 1. The van der Waals surface area contributed by atoms with Crippen LogP contribution in [0.2, 0.25) is 10.0 Å². The summed E-state index contributed by atoms with van der Waals surface area (Å²) < 4.78 is 17.2. The highest BCUT2D eigenvalue weighted by Crippen LogP contribution is 2.26. The predicted molar refractivity (Wildman–Crippen MR) is 147 cm³/mol. The highest BCUT2D eigenvalue weighted by atomic mass is 35.5. The molecule has 15 heteroatoms. The van der Waals surface area contributed by atoms with Gasteiger partial charge in [-0.05, 0) is 60.5 Å². The number of nitrogens with two attached hydrogens (primary N) is 1. The molecule has 5 rings (SSSR count). The molecule has 1 fully saturated rings. The number of nitrogens with one attached hydrogen (secondary N) is 1. The van der Waals surface area contributed by atoms with Gasteiger partial charge in [-0.1, -0.05) is 34.5 Å². The number of nitrogen functional groups attached to an aromatic ring is 1. The number of hydrogen-bond donors (Lipinski definition) is 2. The van der Waals surface area contributed by atoms with Crippen molar-refractivity contribution in [3.8, 4) is 17.3 Å². The quantitative estimate of drug-likeness (QED) is 0.208. The number of hydrazone groups is 1. The molecule has 0 saturated carbocycles. The number of carbonyl (C=O) groups excluding carboxylic acids is 1. The topological polar surface area (TPSA) is 159 Å². The summed E-state index contributed by atoms with van der Waals surface area (Å²) in [6.45, 7) is 2.50. The largest absolute Gasteiger partial charge is 0.496 e. The van der Waals surface area contributed by atoms with Gasteiger partial charge < -0.3 is 15.2 Å². The van der Waals surface area contributed by atoms with Crippen LogP contribution in [0.4, 0.5) is 5.82 Å². The van der Waals surface area contributed by atoms with Gasteiger partial charge >= 0.3 is 0 Å². The van der Waals surface area contributed by atoms with E-state index in [2.05, 4.69) is 40.7 Å². The molecule has 1 aliphatic heterocycles. The van der Waals surface area contributed by atoms with Crippen molar-refractivity contribution in [2.45, 2.75) is 26.0 Å². The molecule has 0 spiro atoms. The first-order valence-electron chi connectivity index (χ1n) is 12.3. The molecule has 2 aromatic heterocycles. The SMILES string of the molecule is COc1cc(OCc2ccc(Cl)cc2Cl)ccc1/C=N\NC(=O)c1c(CN2CCCC2)nnn1-c1nonc1N. The van der Waals surface area contributed by atoms with Crippen LogP contribution >= 0.6 is 23.2 Å². The summed E-state index contributed by atoms with van der Waals surface area (Å²) in [6, 6.07) is 10.4. The van der Waals surface area contributed by atoms with Gasteiger partial charge in [-0.2, -0.15) is 9.78 Å². The minimum absolute atomic E-state index is 0.0273. The lowest BCUT2D eigenvalue weighted by molar-refractivity contribution is 0.0945. The second kappa shape index (κ2) is 12.3. The van der Waals surface area contributed by atoms with E-state index in [1.165, 1.54) is 18.0 Å². The molecular formula is C25H25Cl2N9O4. The van der Waals surface area contributed by atoms with Crippen LogP contribution in [-0.4, -0.2) is 62.5 Å². The third-order valence-corrected chi connectivity index (χ3v) is 6.79. The number of likely N-dealkylation sites (tertiary alicyclic amines) is 1. The number of rotatable bonds is 10. The fourth-order valence-electron chi connectivity index (χ4n) is 4.19. The van der Waals surface area contributed by atoms with Crippen LogP contribution in [0.3, 0.4) is 0 Å². The summed E-state index contributed by atoms with van der Waals surface area (Å²) in [6.07, 6.45) is 3.62. The Kier molecular flexibility index (Phi) is 8.43. The first-order valence-corrected chi connectivity index (χ1v) is 13.0. The normalized spacial score (nSPS) is 13.7. The van der Waals surface area contributed by atoms with Gasteiger partial charge in [0.2, 0.25) is 11.6 Å². The van der Waals surface area contributed by atoms with Crippen LogP contribution in [0.5, 0.6) is 11.5 Å². The molecule has 0 aliphatic carbocycles. The second-order valence-corrected chi connectivity index (χ2v) is 9.72. The maximum absolute atomic E-state index is 13.3. The third kappa shape index (κ3) is 6.17. The van der Waals surface area contributed by atoms with Crippen LogP contribution in [0.25, 0.3) is 5.82 Å². The Morgan fingerprint density at radius 1 is 1.20 bits per heavy atom. The number of aromatic nitrogens is 5. The minimum Gasteiger partial charge on any atom is -0.496 e. The molecule has 0 bridgehead atoms. The smallest absolute Gasteiger partial charge is 0.292 e. The maximum Gasteiger partial charge on any atom is 0.292 e. The fraction of sp³-hybridized carbons (Fsp3) is 0.280. The Morgan fingerprint density at radius 2 is 2.02 bits per heavy atom. The van der Waals surface area contributed by atoms with E-state index in [0.29, 0.717) is 39.3 Å². The van der Waals surface area contributed by atoms with Gasteiger partial charge in [0.1, 0.15) is 23.8 Å². The molecule has 4 aromatic rings. The number of nitrogens with zero attached hydrogens (tertiary/aromatic N) is 7. The van der Waals surface area contributed by atoms with E-state index >= 15 is 0 Å². The van der Waals surface area contributed by atoms with Gasteiger partial charge in [0.25, 0.3) is 5.91 Å². The van der Waals surface area contributed by atoms with Gasteiger partial charge in [-0.3, -0.25) is 9.69 Å². The van der Waals surface area contributed by atoms with Crippen LogP contribution in [0, 0.1) is 0 Å². The van der Waals surface area contributed by atoms with Gasteiger partial charge in [-0.15, -0.1) is 5.10 Å². The number of carbonyl (C=O) groups is 1. The summed E-state index contributed by atoms with van der Waals surface area (Å²) >= 11 is 12.2. The van der Waals surface area contributed by atoms with Crippen molar-refractivity contribution in [1.82, 2.24) is 35.6 Å². The number of benzene rings is 2. The molecule has 1 saturated heterocycles. The molecule has 0 unspecified atom stereocenters. The van der Waals surface area contributed by atoms with E-state index in [0.717, 1.165) is 31.5 Å². The predicted octanol–water partition coefficient (Wildman–Crippen LogP) is 3.49. The molecule has 3 N–H and O–H groups in total. The van der Waals surface area contributed by atoms with Crippen LogP contribution in [0.1, 0.15) is 40.2 Å². The van der Waals surface area contributed by atoms with Crippen molar-refractivity contribution in [2.24, 2.45) is 5.10 Å². The number of amides is 1. The molecule has 1 aliphatic rings. The number of halogens is 2. The molecule has 13 nitrogen and oxygen atoms in total. The Bertz CT molecular complexity index is 1530. The monoisotopic (exact) mass is 585 g/mol. The van der Waals surface area contributed by atoms with Crippen LogP contribution in [0.15, 0.2) is 46.1 Å². The van der Waals surface area contributed by atoms with E-state index in [4.69, 9.17) is 38.4 Å². The Morgan fingerprint density at radius 3 is 2.75 bits per heavy atom. The zero-order valence-corrected chi connectivity index (χ0v) is 22.9. The van der Waals surface area contributed by atoms with Crippen molar-refractivity contribution < 1.29 is 18.9 Å². The van der Waals surface area contributed by atoms with Crippen LogP contribution in [-0.2, 0) is 13.2 Å². The lowest BCUT2D eigenvalue weighted by Crippen LogP contribution is -2.26. The van der Waals surface area contributed by atoms with E-state index < -0.39 is 5.91 Å². The average molecular weight is 586 g/mol. The summed E-state index contributed by atoms with van der Waals surface area (Å²) in [7, 11) is 1.52. The fourth-order valence-corrected chi connectivity index (χ4v) is 4.65. The molecule has 208 valence electrons. The summed E-state index contributed by atoms with van der Waals surface area (Å²) in [5.74, 6) is 0.522. The van der Waals surface area contributed by atoms with Gasteiger partial charge in [0.15, 0.2) is 5.69 Å². The van der Waals surface area contributed by atoms with Gasteiger partial charge in [0, 0.05) is 33.8 Å². The highest BCUT2D eigenvalue weighted by molar-refractivity contribution is 6.35. The van der Waals surface area contributed by atoms with E-state index in [9.17, 15) is 4.79 Å². The third-order valence-electron chi connectivity index (χ3n) is 6.21. The van der Waals surface area contributed by atoms with E-state index in [1.54, 1.807) is 36.4 Å². The Hall–Kier alpha value is -4.20. The first kappa shape index (κ1) is 27.4. The van der Waals surface area contributed by atoms with Crippen molar-refractivity contribution in [2.75, 3.05) is 25.9 Å². The molecular weight excluding hydrogens is 561 g/mol. The highest BCUT2D eigenvalue weighted by Gasteiger charge is 2.27. The van der Waals surface area contributed by atoms with Crippen molar-refractivity contribution in [3.63, 3.8) is 0 Å². The second-order valence-electron chi connectivity index (χ2n) is 8.88. The molecule has 0 radical (unpaired) electrons. The lowest BCUT2D eigenvalue weighted by atomic mass is 10.2. The van der Waals surface area contributed by atoms with E-state index in [1.807, 2.05) is 0 Å². The number of anilines is 1. The Labute approximate surface area is 238 Å². The zero-order valence-electron chi connectivity index (χ0n) is 21.4. The van der Waals surface area contributed by atoms with Crippen molar-refractivity contribution >= 4 is 41.1 Å². The standard InChI is InChI=1S/C25H25Cl2N9O4/c1-38-21-11-18(39-14-16-4-6-17(26)10-19(16)27)7-5-15(21)12-29-31-25(37)22-20(13-35-8-2-3-9-35)30-34-36(22)24-23(28)32-40-33-24/h4-7,10-12H,2-3,8-9,13-14H2,1H3,(H2,28,32)(H,31,37)/b29-12-. The molecule has 1 amide bonds. The van der Waals surface area contributed by atoms with Crippen LogP contribution < -0.4 is 20.6 Å². The lowest BCUT2D eigenvalue weighted by Gasteiger charge is -2.13. The molecule has 40 heavy (non-hydrogen) atoms. The van der Waals surface area contributed by atoms with E-state index in [-0.39, 0.29) is 23.9 Å². The average Bonchev–Trinajstić information content (AvgIpc) is 3.70. The van der Waals surface area contributed by atoms with Gasteiger partial charge in [0.05, 0.1) is 13.3 Å². The zero-order chi connectivity index (χ0) is 28.1. The molecule has 3 heterocycles. The first-order chi connectivity index (χ1) is 19.4. The number of ether oxygens (including phenoxy) is 2. The summed E-state index contributed by atoms with van der Waals surface area (Å²) in [4.78, 5) is 15.4. The Balaban J connectivity index is 1.30.